The average molecular weight is 453 g/mol. The summed E-state index contributed by atoms with van der Waals surface area (Å²) in [6.07, 6.45) is 2.89. The lowest BCUT2D eigenvalue weighted by atomic mass is 9.97. The maximum Gasteiger partial charge on any atom is 0.242 e. The number of fused-ring (bicyclic) bond motifs is 1. The Morgan fingerprint density at radius 3 is 2.35 bits per heavy atom. The predicted molar refractivity (Wildman–Crippen MR) is 123 cm³/mol. The Morgan fingerprint density at radius 1 is 0.903 bits per heavy atom. The first-order chi connectivity index (χ1) is 14.7. The molecular formula is C23H21ClN4O2S. The van der Waals surface area contributed by atoms with E-state index < -0.39 is 15.6 Å². The molecule has 0 aliphatic carbocycles. The van der Waals surface area contributed by atoms with Gasteiger partial charge in [0.1, 0.15) is 10.6 Å². The number of aromatic nitrogens is 3. The van der Waals surface area contributed by atoms with Crippen LogP contribution in [0.2, 0.25) is 5.15 Å². The van der Waals surface area contributed by atoms with E-state index in [4.69, 9.17) is 11.6 Å². The van der Waals surface area contributed by atoms with Crippen LogP contribution in [-0.4, -0.2) is 29.1 Å². The van der Waals surface area contributed by atoms with Crippen LogP contribution in [0.25, 0.3) is 33.2 Å². The second-order valence-corrected chi connectivity index (χ2v) is 10.2. The normalized spacial score (nSPS) is 12.3. The van der Waals surface area contributed by atoms with E-state index in [0.29, 0.717) is 11.3 Å². The molecule has 0 saturated heterocycles. The van der Waals surface area contributed by atoms with Crippen molar-refractivity contribution in [2.24, 2.45) is 0 Å². The highest BCUT2D eigenvalue weighted by Gasteiger charge is 2.23. The lowest BCUT2D eigenvalue weighted by Gasteiger charge is -2.20. The summed E-state index contributed by atoms with van der Waals surface area (Å²) in [5, 5.41) is 10.2. The molecule has 0 amide bonds. The smallest absolute Gasteiger partial charge is 0.242 e. The molecule has 0 unspecified atom stereocenters. The van der Waals surface area contributed by atoms with E-state index in [2.05, 4.69) is 19.9 Å². The maximum absolute atomic E-state index is 12.8. The highest BCUT2D eigenvalue weighted by atomic mass is 35.5. The second-order valence-electron chi connectivity index (χ2n) is 8.20. The monoisotopic (exact) mass is 452 g/mol. The summed E-state index contributed by atoms with van der Waals surface area (Å²) in [6.45, 7) is 5.35. The van der Waals surface area contributed by atoms with Crippen LogP contribution in [0.1, 0.15) is 20.8 Å². The minimum atomic E-state index is -3.75. The molecule has 0 fully saturated rings. The summed E-state index contributed by atoms with van der Waals surface area (Å²) in [7, 11) is -3.75. The molecule has 0 aliphatic rings. The number of pyridine rings is 1. The molecule has 2 aromatic carbocycles. The van der Waals surface area contributed by atoms with Gasteiger partial charge in [-0.2, -0.15) is 0 Å². The van der Waals surface area contributed by atoms with Crippen molar-refractivity contribution < 1.29 is 8.42 Å². The number of nitrogens with zero attached hydrogens (tertiary/aromatic N) is 3. The van der Waals surface area contributed by atoms with Crippen LogP contribution in [0, 0.1) is 0 Å². The molecule has 0 bridgehead atoms. The number of hydrogen-bond donors (Lipinski definition) is 1. The standard InChI is InChI=1S/C23H21ClN4O2S/c1-23(2,3)28-31(29,30)17-12-16(13-25-14-17)21-19-11-7-10-18(15-8-5-4-6-9-15)20(19)22(24)27-26-21/h4-14,28H,1-3H3. The molecule has 158 valence electrons. The van der Waals surface area contributed by atoms with Crippen LogP contribution in [0.5, 0.6) is 0 Å². The first kappa shape index (κ1) is 21.4. The van der Waals surface area contributed by atoms with Crippen LogP contribution in [0.15, 0.2) is 71.9 Å². The number of sulfonamides is 1. The topological polar surface area (TPSA) is 84.8 Å². The molecule has 0 aliphatic heterocycles. The Morgan fingerprint density at radius 2 is 1.65 bits per heavy atom. The third kappa shape index (κ3) is 4.44. The van der Waals surface area contributed by atoms with Gasteiger partial charge in [0.05, 0.1) is 0 Å². The molecule has 4 aromatic rings. The van der Waals surface area contributed by atoms with Crippen LogP contribution >= 0.6 is 11.6 Å². The zero-order chi connectivity index (χ0) is 22.2. The first-order valence-electron chi connectivity index (χ1n) is 9.65. The van der Waals surface area contributed by atoms with Crippen LogP contribution in [-0.2, 0) is 10.0 Å². The van der Waals surface area contributed by atoms with E-state index in [-0.39, 0.29) is 10.0 Å². The lowest BCUT2D eigenvalue weighted by Crippen LogP contribution is -2.40. The first-order valence-corrected chi connectivity index (χ1v) is 11.5. The van der Waals surface area contributed by atoms with Gasteiger partial charge in [0.2, 0.25) is 10.0 Å². The molecule has 0 atom stereocenters. The van der Waals surface area contributed by atoms with Crippen molar-refractivity contribution in [3.05, 3.63) is 72.1 Å². The van der Waals surface area contributed by atoms with Gasteiger partial charge in [-0.05, 0) is 38.0 Å². The third-order valence-electron chi connectivity index (χ3n) is 4.59. The van der Waals surface area contributed by atoms with Gasteiger partial charge in [-0.15, -0.1) is 10.2 Å². The highest BCUT2D eigenvalue weighted by Crippen LogP contribution is 2.36. The van der Waals surface area contributed by atoms with Crippen LogP contribution in [0.3, 0.4) is 0 Å². The lowest BCUT2D eigenvalue weighted by molar-refractivity contribution is 0.491. The van der Waals surface area contributed by atoms with Crippen LogP contribution in [0.4, 0.5) is 0 Å². The van der Waals surface area contributed by atoms with Gasteiger partial charge in [-0.3, -0.25) is 4.98 Å². The molecule has 1 N–H and O–H groups in total. The molecular weight excluding hydrogens is 432 g/mol. The van der Waals surface area contributed by atoms with Crippen molar-refractivity contribution in [3.63, 3.8) is 0 Å². The minimum absolute atomic E-state index is 0.0593. The van der Waals surface area contributed by atoms with Gasteiger partial charge < -0.3 is 0 Å². The Hall–Kier alpha value is -2.87. The summed E-state index contributed by atoms with van der Waals surface area (Å²) in [4.78, 5) is 4.21. The number of hydrogen-bond acceptors (Lipinski definition) is 5. The van der Waals surface area contributed by atoms with Gasteiger partial charge in [0, 0.05) is 34.3 Å². The fraction of sp³-hybridized carbons (Fsp3) is 0.174. The van der Waals surface area contributed by atoms with E-state index in [1.807, 2.05) is 48.5 Å². The molecule has 2 heterocycles. The molecule has 31 heavy (non-hydrogen) atoms. The molecule has 0 spiro atoms. The highest BCUT2D eigenvalue weighted by molar-refractivity contribution is 7.89. The fourth-order valence-corrected chi connectivity index (χ4v) is 5.05. The zero-order valence-corrected chi connectivity index (χ0v) is 18.9. The molecule has 4 rings (SSSR count). The molecule has 2 aromatic heterocycles. The Labute approximate surface area is 186 Å². The third-order valence-corrected chi connectivity index (χ3v) is 6.58. The number of benzene rings is 2. The van der Waals surface area contributed by atoms with Crippen molar-refractivity contribution >= 4 is 32.4 Å². The second kappa shape index (κ2) is 8.00. The van der Waals surface area contributed by atoms with Gasteiger partial charge in [0.25, 0.3) is 0 Å². The van der Waals surface area contributed by atoms with Crippen molar-refractivity contribution in [2.45, 2.75) is 31.2 Å². The van der Waals surface area contributed by atoms with Crippen molar-refractivity contribution in [1.29, 1.82) is 0 Å². The Bertz CT molecular complexity index is 1370. The number of halogens is 1. The van der Waals surface area contributed by atoms with Crippen molar-refractivity contribution in [3.8, 4) is 22.4 Å². The minimum Gasteiger partial charge on any atom is -0.263 e. The molecule has 0 radical (unpaired) electrons. The van der Waals surface area contributed by atoms with E-state index in [0.717, 1.165) is 21.9 Å². The molecule has 6 nitrogen and oxygen atoms in total. The quantitative estimate of drug-likeness (QED) is 0.466. The maximum atomic E-state index is 12.8. The van der Waals surface area contributed by atoms with Crippen molar-refractivity contribution in [2.75, 3.05) is 0 Å². The average Bonchev–Trinajstić information content (AvgIpc) is 2.73. The summed E-state index contributed by atoms with van der Waals surface area (Å²) >= 11 is 6.45. The van der Waals surface area contributed by atoms with Gasteiger partial charge in [-0.1, -0.05) is 60.1 Å². The SMILES string of the molecule is CC(C)(C)NS(=O)(=O)c1cncc(-c2nnc(Cl)c3c(-c4ccccc4)cccc23)c1. The summed E-state index contributed by atoms with van der Waals surface area (Å²) in [5.74, 6) is 0. The van der Waals surface area contributed by atoms with E-state index in [9.17, 15) is 8.42 Å². The number of rotatable bonds is 4. The van der Waals surface area contributed by atoms with Crippen molar-refractivity contribution in [1.82, 2.24) is 19.9 Å². The Kier molecular flexibility index (Phi) is 5.51. The summed E-state index contributed by atoms with van der Waals surface area (Å²) in [5.41, 5.74) is 2.35. The van der Waals surface area contributed by atoms with E-state index >= 15 is 0 Å². The van der Waals surface area contributed by atoms with Gasteiger partial charge in [-0.25, -0.2) is 13.1 Å². The zero-order valence-electron chi connectivity index (χ0n) is 17.3. The van der Waals surface area contributed by atoms with Gasteiger partial charge in [0.15, 0.2) is 5.15 Å². The largest absolute Gasteiger partial charge is 0.263 e. The van der Waals surface area contributed by atoms with E-state index in [1.165, 1.54) is 6.20 Å². The summed E-state index contributed by atoms with van der Waals surface area (Å²) in [6, 6.07) is 17.2. The summed E-state index contributed by atoms with van der Waals surface area (Å²) < 4.78 is 28.2. The molecule has 0 saturated carbocycles. The fourth-order valence-electron chi connectivity index (χ4n) is 3.40. The number of nitrogens with one attached hydrogen (secondary N) is 1. The van der Waals surface area contributed by atoms with E-state index in [1.54, 1.807) is 33.0 Å². The Balaban J connectivity index is 1.90. The van der Waals surface area contributed by atoms with Gasteiger partial charge >= 0.3 is 0 Å². The predicted octanol–water partition coefficient (Wildman–Crippen LogP) is 5.09. The molecule has 8 heteroatoms. The van der Waals surface area contributed by atoms with Crippen LogP contribution < -0.4 is 4.72 Å².